The number of benzene rings is 1. The van der Waals surface area contributed by atoms with E-state index >= 15 is 0 Å². The first-order valence-electron chi connectivity index (χ1n) is 3.96. The third-order valence-electron chi connectivity index (χ3n) is 1.86. The summed E-state index contributed by atoms with van der Waals surface area (Å²) in [6, 6.07) is 3.25. The van der Waals surface area contributed by atoms with Crippen molar-refractivity contribution in [3.8, 4) is 0 Å². The number of nitrogens with two attached hydrogens (primary N) is 1. The molecule has 0 saturated heterocycles. The minimum absolute atomic E-state index is 0.108. The van der Waals surface area contributed by atoms with Crippen molar-refractivity contribution in [3.63, 3.8) is 0 Å². The van der Waals surface area contributed by atoms with E-state index in [-0.39, 0.29) is 6.04 Å². The second-order valence-electron chi connectivity index (χ2n) is 2.81. The summed E-state index contributed by atoms with van der Waals surface area (Å²) in [4.78, 5) is 0. The minimum Gasteiger partial charge on any atom is -0.324 e. The Balaban J connectivity index is 3.20. The lowest BCUT2D eigenvalue weighted by Crippen LogP contribution is -2.09. The summed E-state index contributed by atoms with van der Waals surface area (Å²) in [5.74, 6) is 0. The molecule has 0 radical (unpaired) electrons. The predicted molar refractivity (Wildman–Crippen MR) is 58.7 cm³/mol. The van der Waals surface area contributed by atoms with Crippen LogP contribution in [0, 0.1) is 0 Å². The average molecular weight is 239 g/mol. The highest BCUT2D eigenvalue weighted by Gasteiger charge is 2.12. The SMILES string of the molecule is CC[C@H](N)c1cc(Cl)cc(Cl)c1Cl. The molecule has 0 aliphatic heterocycles. The predicted octanol–water partition coefficient (Wildman–Crippen LogP) is 4.06. The maximum atomic E-state index is 5.97. The lowest BCUT2D eigenvalue weighted by molar-refractivity contribution is 0.699. The van der Waals surface area contributed by atoms with E-state index in [1.165, 1.54) is 0 Å². The second-order valence-corrected chi connectivity index (χ2v) is 4.03. The third kappa shape index (κ3) is 2.50. The summed E-state index contributed by atoms with van der Waals surface area (Å²) in [5, 5.41) is 1.52. The van der Waals surface area contributed by atoms with E-state index in [9.17, 15) is 0 Å². The summed E-state index contributed by atoms with van der Waals surface area (Å²) < 4.78 is 0. The molecule has 13 heavy (non-hydrogen) atoms. The molecular formula is C9H10Cl3N. The largest absolute Gasteiger partial charge is 0.324 e. The van der Waals surface area contributed by atoms with Crippen molar-refractivity contribution < 1.29 is 0 Å². The molecule has 0 heterocycles. The Bertz CT molecular complexity index is 312. The van der Waals surface area contributed by atoms with Crippen LogP contribution in [0.2, 0.25) is 15.1 Å². The number of rotatable bonds is 2. The van der Waals surface area contributed by atoms with Gasteiger partial charge in [0.05, 0.1) is 10.0 Å². The minimum atomic E-state index is -0.108. The lowest BCUT2D eigenvalue weighted by atomic mass is 10.1. The summed E-state index contributed by atoms with van der Waals surface area (Å²) in [6.07, 6.45) is 0.802. The first-order valence-corrected chi connectivity index (χ1v) is 5.09. The molecule has 0 spiro atoms. The van der Waals surface area contributed by atoms with Crippen molar-refractivity contribution in [1.82, 2.24) is 0 Å². The van der Waals surface area contributed by atoms with E-state index in [0.29, 0.717) is 15.1 Å². The van der Waals surface area contributed by atoms with Gasteiger partial charge >= 0.3 is 0 Å². The molecule has 2 N–H and O–H groups in total. The Hall–Kier alpha value is 0.0500. The van der Waals surface area contributed by atoms with Crippen molar-refractivity contribution in [2.75, 3.05) is 0 Å². The van der Waals surface area contributed by atoms with Gasteiger partial charge in [0.1, 0.15) is 0 Å². The van der Waals surface area contributed by atoms with Gasteiger partial charge in [-0.2, -0.15) is 0 Å². The molecule has 1 aromatic carbocycles. The number of hydrogen-bond donors (Lipinski definition) is 1. The molecule has 0 amide bonds. The van der Waals surface area contributed by atoms with Crippen LogP contribution in [0.25, 0.3) is 0 Å². The van der Waals surface area contributed by atoms with Gasteiger partial charge in [-0.1, -0.05) is 41.7 Å². The molecule has 1 atom stereocenters. The van der Waals surface area contributed by atoms with Crippen molar-refractivity contribution in [3.05, 3.63) is 32.8 Å². The van der Waals surface area contributed by atoms with Gasteiger partial charge in [0.15, 0.2) is 0 Å². The van der Waals surface area contributed by atoms with E-state index in [4.69, 9.17) is 40.5 Å². The van der Waals surface area contributed by atoms with Gasteiger partial charge in [-0.3, -0.25) is 0 Å². The van der Waals surface area contributed by atoms with E-state index in [0.717, 1.165) is 12.0 Å². The molecule has 0 bridgehead atoms. The molecule has 1 nitrogen and oxygen atoms in total. The van der Waals surface area contributed by atoms with E-state index in [2.05, 4.69) is 0 Å². The zero-order valence-corrected chi connectivity index (χ0v) is 9.42. The quantitative estimate of drug-likeness (QED) is 0.773. The highest BCUT2D eigenvalue weighted by Crippen LogP contribution is 2.33. The van der Waals surface area contributed by atoms with Gasteiger partial charge < -0.3 is 5.73 Å². The molecule has 0 aromatic heterocycles. The van der Waals surface area contributed by atoms with Crippen LogP contribution < -0.4 is 5.73 Å². The Morgan fingerprint density at radius 3 is 2.46 bits per heavy atom. The molecule has 72 valence electrons. The van der Waals surface area contributed by atoms with Crippen molar-refractivity contribution >= 4 is 34.8 Å². The van der Waals surface area contributed by atoms with Gasteiger partial charge in [0.25, 0.3) is 0 Å². The molecule has 4 heteroatoms. The first kappa shape index (κ1) is 11.1. The highest BCUT2D eigenvalue weighted by atomic mass is 35.5. The number of hydrogen-bond acceptors (Lipinski definition) is 1. The smallest absolute Gasteiger partial charge is 0.0641 e. The molecule has 1 rings (SSSR count). The molecule has 0 fully saturated rings. The fraction of sp³-hybridized carbons (Fsp3) is 0.333. The summed E-state index contributed by atoms with van der Waals surface area (Å²) in [6.45, 7) is 1.98. The molecule has 0 aliphatic carbocycles. The first-order chi connectivity index (χ1) is 6.06. The molecule has 1 aromatic rings. The normalized spacial score (nSPS) is 13.0. The Kier molecular flexibility index (Phi) is 3.87. The van der Waals surface area contributed by atoms with Crippen LogP contribution in [0.15, 0.2) is 12.1 Å². The van der Waals surface area contributed by atoms with Crippen LogP contribution in [0.4, 0.5) is 0 Å². The second kappa shape index (κ2) is 4.52. The fourth-order valence-corrected chi connectivity index (χ4v) is 1.82. The molecule has 0 aliphatic rings. The molecule has 0 saturated carbocycles. The van der Waals surface area contributed by atoms with Gasteiger partial charge in [0.2, 0.25) is 0 Å². The fourth-order valence-electron chi connectivity index (χ4n) is 1.07. The monoisotopic (exact) mass is 237 g/mol. The Morgan fingerprint density at radius 2 is 1.92 bits per heavy atom. The maximum absolute atomic E-state index is 5.97. The van der Waals surface area contributed by atoms with Crippen molar-refractivity contribution in [2.24, 2.45) is 5.73 Å². The number of halogens is 3. The summed E-state index contributed by atoms with van der Waals surface area (Å²) >= 11 is 17.6. The Labute approximate surface area is 92.8 Å². The summed E-state index contributed by atoms with van der Waals surface area (Å²) in [5.41, 5.74) is 6.64. The van der Waals surface area contributed by atoms with Gasteiger partial charge in [-0.25, -0.2) is 0 Å². The van der Waals surface area contributed by atoms with Crippen LogP contribution in [0.5, 0.6) is 0 Å². The average Bonchev–Trinajstić information content (AvgIpc) is 2.10. The van der Waals surface area contributed by atoms with Crippen LogP contribution in [-0.2, 0) is 0 Å². The van der Waals surface area contributed by atoms with Gasteiger partial charge in [-0.05, 0) is 24.1 Å². The van der Waals surface area contributed by atoms with E-state index in [1.54, 1.807) is 12.1 Å². The van der Waals surface area contributed by atoms with Gasteiger partial charge in [-0.15, -0.1) is 0 Å². The zero-order chi connectivity index (χ0) is 10.0. The lowest BCUT2D eigenvalue weighted by Gasteiger charge is -2.12. The zero-order valence-electron chi connectivity index (χ0n) is 7.15. The van der Waals surface area contributed by atoms with Crippen LogP contribution in [-0.4, -0.2) is 0 Å². The van der Waals surface area contributed by atoms with E-state index < -0.39 is 0 Å². The van der Waals surface area contributed by atoms with Crippen LogP contribution in [0.1, 0.15) is 24.9 Å². The standard InChI is InChI=1S/C9H10Cl3N/c1-2-8(13)6-3-5(10)4-7(11)9(6)12/h3-4,8H,2,13H2,1H3/t8-/m0/s1. The maximum Gasteiger partial charge on any atom is 0.0641 e. The van der Waals surface area contributed by atoms with Crippen molar-refractivity contribution in [2.45, 2.75) is 19.4 Å². The summed E-state index contributed by atoms with van der Waals surface area (Å²) in [7, 11) is 0. The van der Waals surface area contributed by atoms with Gasteiger partial charge in [0, 0.05) is 11.1 Å². The van der Waals surface area contributed by atoms with Crippen molar-refractivity contribution in [1.29, 1.82) is 0 Å². The highest BCUT2D eigenvalue weighted by molar-refractivity contribution is 6.43. The third-order valence-corrected chi connectivity index (χ3v) is 2.90. The topological polar surface area (TPSA) is 26.0 Å². The van der Waals surface area contributed by atoms with Crippen LogP contribution in [0.3, 0.4) is 0 Å². The Morgan fingerprint density at radius 1 is 1.31 bits per heavy atom. The van der Waals surface area contributed by atoms with E-state index in [1.807, 2.05) is 6.92 Å². The van der Waals surface area contributed by atoms with Crippen LogP contribution >= 0.6 is 34.8 Å². The molecule has 0 unspecified atom stereocenters. The molecular weight excluding hydrogens is 228 g/mol.